The molecule has 1 aliphatic rings. The summed E-state index contributed by atoms with van der Waals surface area (Å²) in [7, 11) is 0. The van der Waals surface area contributed by atoms with E-state index in [1.807, 2.05) is 30.9 Å². The zero-order valence-corrected chi connectivity index (χ0v) is 19.1. The van der Waals surface area contributed by atoms with Gasteiger partial charge in [-0.25, -0.2) is 9.97 Å². The summed E-state index contributed by atoms with van der Waals surface area (Å²) in [6, 6.07) is 5.11. The van der Waals surface area contributed by atoms with Gasteiger partial charge >= 0.3 is 6.18 Å². The summed E-state index contributed by atoms with van der Waals surface area (Å²) in [5, 5.41) is 11.5. The number of benzene rings is 1. The third kappa shape index (κ3) is 4.87. The number of alkyl halides is 3. The number of nitrogens with one attached hydrogen (secondary N) is 1. The molecule has 4 rings (SSSR count). The first-order valence-corrected chi connectivity index (χ1v) is 11.1. The predicted octanol–water partition coefficient (Wildman–Crippen LogP) is 4.13. The van der Waals surface area contributed by atoms with Crippen LogP contribution in [0.5, 0.6) is 0 Å². The molecule has 3 heterocycles. The van der Waals surface area contributed by atoms with Crippen molar-refractivity contribution >= 4 is 11.9 Å². The second kappa shape index (κ2) is 9.40. The van der Waals surface area contributed by atoms with Crippen molar-refractivity contribution in [3.63, 3.8) is 0 Å². The second-order valence-electron chi connectivity index (χ2n) is 8.66. The molecule has 11 heteroatoms. The van der Waals surface area contributed by atoms with Gasteiger partial charge in [0, 0.05) is 25.0 Å². The molecule has 3 unspecified atom stereocenters. The van der Waals surface area contributed by atoms with E-state index in [1.165, 1.54) is 4.80 Å². The minimum atomic E-state index is -4.50. The van der Waals surface area contributed by atoms with Gasteiger partial charge < -0.3 is 10.2 Å². The molecule has 1 fully saturated rings. The number of aromatic nitrogens is 5. The van der Waals surface area contributed by atoms with Gasteiger partial charge in [0.05, 0.1) is 35.2 Å². The number of carbonyl (C=O) groups excluding carboxylic acids is 1. The molecule has 2 aromatic heterocycles. The van der Waals surface area contributed by atoms with Gasteiger partial charge in [0.1, 0.15) is 0 Å². The van der Waals surface area contributed by atoms with Crippen molar-refractivity contribution in [1.29, 1.82) is 0 Å². The van der Waals surface area contributed by atoms with Crippen molar-refractivity contribution in [1.82, 2.24) is 29.9 Å². The van der Waals surface area contributed by atoms with Crippen LogP contribution in [0.3, 0.4) is 0 Å². The molecule has 180 valence electrons. The maximum Gasteiger partial charge on any atom is 0.419 e. The Morgan fingerprint density at radius 3 is 2.50 bits per heavy atom. The molecule has 0 spiro atoms. The molecular formula is C23H26F3N7O. The molecule has 1 saturated heterocycles. The van der Waals surface area contributed by atoms with Crippen molar-refractivity contribution in [2.75, 3.05) is 11.9 Å². The Bertz CT molecular complexity index is 1130. The first-order chi connectivity index (χ1) is 16.2. The molecule has 3 atom stereocenters. The van der Waals surface area contributed by atoms with Gasteiger partial charge in [-0.2, -0.15) is 28.2 Å². The van der Waals surface area contributed by atoms with E-state index < -0.39 is 11.7 Å². The van der Waals surface area contributed by atoms with Crippen molar-refractivity contribution in [3.8, 4) is 5.69 Å². The van der Waals surface area contributed by atoms with Crippen molar-refractivity contribution < 1.29 is 18.0 Å². The number of nitrogens with zero attached hydrogens (tertiary/aromatic N) is 6. The van der Waals surface area contributed by atoms with Crippen molar-refractivity contribution in [2.24, 2.45) is 5.92 Å². The molecule has 1 aromatic carbocycles. The molecule has 3 aromatic rings. The molecule has 1 aliphatic heterocycles. The van der Waals surface area contributed by atoms with E-state index in [0.29, 0.717) is 24.2 Å². The Hall–Kier alpha value is -3.50. The highest BCUT2D eigenvalue weighted by atomic mass is 19.4. The van der Waals surface area contributed by atoms with Gasteiger partial charge in [0.25, 0.3) is 5.91 Å². The zero-order valence-electron chi connectivity index (χ0n) is 19.1. The van der Waals surface area contributed by atoms with Gasteiger partial charge in [-0.05, 0) is 43.4 Å². The number of halogens is 3. The predicted molar refractivity (Wildman–Crippen MR) is 119 cm³/mol. The Morgan fingerprint density at radius 2 is 1.88 bits per heavy atom. The zero-order chi connectivity index (χ0) is 24.5. The maximum absolute atomic E-state index is 13.7. The lowest BCUT2D eigenvalue weighted by molar-refractivity contribution is -0.138. The Kier molecular flexibility index (Phi) is 6.54. The molecule has 0 bridgehead atoms. The van der Waals surface area contributed by atoms with Gasteiger partial charge in [-0.1, -0.05) is 19.9 Å². The van der Waals surface area contributed by atoms with Crippen LogP contribution in [0.1, 0.15) is 48.2 Å². The van der Waals surface area contributed by atoms with Crippen LogP contribution in [0.15, 0.2) is 43.0 Å². The summed E-state index contributed by atoms with van der Waals surface area (Å²) in [6.45, 7) is 6.53. The quantitative estimate of drug-likeness (QED) is 0.579. The van der Waals surface area contributed by atoms with Gasteiger partial charge in [0.15, 0.2) is 0 Å². The van der Waals surface area contributed by atoms with E-state index >= 15 is 0 Å². The van der Waals surface area contributed by atoms with E-state index in [4.69, 9.17) is 0 Å². The maximum atomic E-state index is 13.7. The Morgan fingerprint density at radius 1 is 1.21 bits per heavy atom. The van der Waals surface area contributed by atoms with Gasteiger partial charge in [0.2, 0.25) is 5.95 Å². The van der Waals surface area contributed by atoms with E-state index in [2.05, 4.69) is 32.4 Å². The summed E-state index contributed by atoms with van der Waals surface area (Å²) < 4.78 is 38.5. The molecule has 0 saturated carbocycles. The van der Waals surface area contributed by atoms with Crippen LogP contribution >= 0.6 is 0 Å². The van der Waals surface area contributed by atoms with Crippen LogP contribution in [0.25, 0.3) is 5.69 Å². The fourth-order valence-corrected chi connectivity index (χ4v) is 4.37. The number of likely N-dealkylation sites (tertiary alicyclic amines) is 1. The van der Waals surface area contributed by atoms with Crippen LogP contribution in [0, 0.1) is 12.8 Å². The standard InChI is InChI=1S/C23H26F3N7O/c1-4-18(31-22-27-11-16(12-28-22)23(24,25)26)20-10-15(3)13-32(20)21(34)17-6-5-14(2)9-19(17)33-29-7-8-30-33/h5-9,11-12,15,18,20H,4,10,13H2,1-3H3,(H,27,28,31). The third-order valence-corrected chi connectivity index (χ3v) is 6.03. The molecule has 8 nitrogen and oxygen atoms in total. The normalized spacial score (nSPS) is 19.3. The second-order valence-corrected chi connectivity index (χ2v) is 8.66. The van der Waals surface area contributed by atoms with Crippen LogP contribution < -0.4 is 5.32 Å². The van der Waals surface area contributed by atoms with Crippen molar-refractivity contribution in [2.45, 2.75) is 51.9 Å². The van der Waals surface area contributed by atoms with Crippen LogP contribution in [0.4, 0.5) is 19.1 Å². The summed E-state index contributed by atoms with van der Waals surface area (Å²) in [5.41, 5.74) is 1.15. The smallest absolute Gasteiger partial charge is 0.349 e. The molecular weight excluding hydrogens is 447 g/mol. The lowest BCUT2D eigenvalue weighted by Gasteiger charge is -2.32. The van der Waals surface area contributed by atoms with E-state index in [9.17, 15) is 18.0 Å². The molecule has 0 aliphatic carbocycles. The first-order valence-electron chi connectivity index (χ1n) is 11.1. The Labute approximate surface area is 195 Å². The average molecular weight is 474 g/mol. The van der Waals surface area contributed by atoms with E-state index in [0.717, 1.165) is 24.4 Å². The van der Waals surface area contributed by atoms with Crippen LogP contribution in [-0.4, -0.2) is 54.4 Å². The lowest BCUT2D eigenvalue weighted by atomic mass is 9.99. The number of amides is 1. The molecule has 0 radical (unpaired) electrons. The summed E-state index contributed by atoms with van der Waals surface area (Å²) in [6.07, 6.45) is 1.51. The highest BCUT2D eigenvalue weighted by Gasteiger charge is 2.39. The molecule has 34 heavy (non-hydrogen) atoms. The fourth-order valence-electron chi connectivity index (χ4n) is 4.37. The SMILES string of the molecule is CCC(Nc1ncc(C(F)(F)F)cn1)C1CC(C)CN1C(=O)c1ccc(C)cc1-n1nccn1. The minimum Gasteiger partial charge on any atom is -0.349 e. The van der Waals surface area contributed by atoms with E-state index in [1.54, 1.807) is 18.5 Å². The van der Waals surface area contributed by atoms with E-state index in [-0.39, 0.29) is 29.9 Å². The minimum absolute atomic E-state index is 0.101. The fraction of sp³-hybridized carbons (Fsp3) is 0.435. The summed E-state index contributed by atoms with van der Waals surface area (Å²) >= 11 is 0. The topological polar surface area (TPSA) is 88.8 Å². The molecule has 1 amide bonds. The number of hydrogen-bond acceptors (Lipinski definition) is 6. The van der Waals surface area contributed by atoms with Crippen LogP contribution in [-0.2, 0) is 6.18 Å². The molecule has 1 N–H and O–H groups in total. The highest BCUT2D eigenvalue weighted by Crippen LogP contribution is 2.31. The van der Waals surface area contributed by atoms with Crippen LogP contribution in [0.2, 0.25) is 0 Å². The number of carbonyl (C=O) groups is 1. The summed E-state index contributed by atoms with van der Waals surface area (Å²) in [5.74, 6) is 0.217. The third-order valence-electron chi connectivity index (χ3n) is 6.03. The number of rotatable bonds is 6. The monoisotopic (exact) mass is 473 g/mol. The largest absolute Gasteiger partial charge is 0.419 e. The Balaban J connectivity index is 1.60. The average Bonchev–Trinajstić information content (AvgIpc) is 3.47. The highest BCUT2D eigenvalue weighted by molar-refractivity contribution is 5.98. The lowest BCUT2D eigenvalue weighted by Crippen LogP contribution is -2.46. The first kappa shape index (κ1) is 23.7. The number of anilines is 1. The number of hydrogen-bond donors (Lipinski definition) is 1. The van der Waals surface area contributed by atoms with Crippen molar-refractivity contribution in [3.05, 3.63) is 59.7 Å². The number of aryl methyl sites for hydroxylation is 1. The summed E-state index contributed by atoms with van der Waals surface area (Å²) in [4.78, 5) is 24.7. The van der Waals surface area contributed by atoms with Gasteiger partial charge in [-0.15, -0.1) is 0 Å². The van der Waals surface area contributed by atoms with Gasteiger partial charge in [-0.3, -0.25) is 4.79 Å².